The Morgan fingerprint density at radius 2 is 1.86 bits per heavy atom. The van der Waals surface area contributed by atoms with E-state index in [9.17, 15) is 0 Å². The van der Waals surface area contributed by atoms with Crippen molar-refractivity contribution in [1.29, 1.82) is 0 Å². The summed E-state index contributed by atoms with van der Waals surface area (Å²) >= 11 is 0. The molecule has 2 heterocycles. The van der Waals surface area contributed by atoms with Gasteiger partial charge in [-0.15, -0.1) is 0 Å². The summed E-state index contributed by atoms with van der Waals surface area (Å²) in [4.78, 5) is 0. The fourth-order valence-corrected chi connectivity index (χ4v) is 1.82. The maximum absolute atomic E-state index is 5.56. The minimum absolute atomic E-state index is 0.927. The van der Waals surface area contributed by atoms with Gasteiger partial charge in [0.05, 0.1) is 6.26 Å². The molecular weight excluding hydrogens is 176 g/mol. The van der Waals surface area contributed by atoms with Gasteiger partial charge in [-0.05, 0) is 37.6 Å². The van der Waals surface area contributed by atoms with Gasteiger partial charge in [0.15, 0.2) is 0 Å². The van der Waals surface area contributed by atoms with E-state index in [2.05, 4.69) is 0 Å². The molecule has 2 heteroatoms. The molecule has 0 amide bonds. The van der Waals surface area contributed by atoms with Crippen molar-refractivity contribution in [2.24, 2.45) is 0 Å². The minimum atomic E-state index is 0.927. The average Bonchev–Trinajstić information content (AvgIpc) is 2.66. The predicted molar refractivity (Wildman–Crippen MR) is 55.5 cm³/mol. The average molecular weight is 186 g/mol. The van der Waals surface area contributed by atoms with Crippen LogP contribution in [-0.4, -0.2) is 0 Å². The molecule has 3 aromatic rings. The van der Waals surface area contributed by atoms with E-state index in [1.165, 1.54) is 0 Å². The molecule has 0 saturated heterocycles. The lowest BCUT2D eigenvalue weighted by atomic mass is 10.1. The zero-order chi connectivity index (χ0) is 9.71. The highest BCUT2D eigenvalue weighted by Crippen LogP contribution is 2.28. The highest BCUT2D eigenvalue weighted by atomic mass is 16.3. The first-order chi connectivity index (χ1) is 6.74. The van der Waals surface area contributed by atoms with Gasteiger partial charge in [0.2, 0.25) is 0 Å². The lowest BCUT2D eigenvalue weighted by molar-refractivity contribution is 0.578. The van der Waals surface area contributed by atoms with Gasteiger partial charge in [0.1, 0.15) is 16.9 Å². The molecule has 0 unspecified atom stereocenters. The number of furan rings is 2. The summed E-state index contributed by atoms with van der Waals surface area (Å²) in [5.41, 5.74) is 3.01. The van der Waals surface area contributed by atoms with E-state index in [4.69, 9.17) is 8.83 Å². The number of aryl methyl sites for hydroxylation is 2. The fourth-order valence-electron chi connectivity index (χ4n) is 1.82. The molecule has 0 N–H and O–H groups in total. The van der Waals surface area contributed by atoms with Crippen molar-refractivity contribution < 1.29 is 8.83 Å². The molecule has 0 radical (unpaired) electrons. The second-order valence-corrected chi connectivity index (χ2v) is 3.66. The van der Waals surface area contributed by atoms with E-state index in [0.717, 1.165) is 33.3 Å². The van der Waals surface area contributed by atoms with Gasteiger partial charge < -0.3 is 8.83 Å². The lowest BCUT2D eigenvalue weighted by Crippen LogP contribution is -1.68. The Bertz CT molecular complexity index is 613. The molecule has 0 fully saturated rings. The van der Waals surface area contributed by atoms with Crippen LogP contribution in [0.4, 0.5) is 0 Å². The van der Waals surface area contributed by atoms with Crippen LogP contribution in [0.5, 0.6) is 0 Å². The Kier molecular flexibility index (Phi) is 1.32. The lowest BCUT2D eigenvalue weighted by Gasteiger charge is -1.90. The number of rotatable bonds is 0. The van der Waals surface area contributed by atoms with Crippen molar-refractivity contribution in [1.82, 2.24) is 0 Å². The SMILES string of the molecule is Cc1cc2cc3occ(C)c3cc2o1. The summed E-state index contributed by atoms with van der Waals surface area (Å²) in [6.07, 6.45) is 1.77. The summed E-state index contributed by atoms with van der Waals surface area (Å²) < 4.78 is 11.0. The summed E-state index contributed by atoms with van der Waals surface area (Å²) in [6.45, 7) is 3.99. The van der Waals surface area contributed by atoms with Crippen molar-refractivity contribution in [3.63, 3.8) is 0 Å². The largest absolute Gasteiger partial charge is 0.464 e. The van der Waals surface area contributed by atoms with Gasteiger partial charge in [-0.25, -0.2) is 0 Å². The Labute approximate surface area is 81.1 Å². The van der Waals surface area contributed by atoms with Crippen LogP contribution >= 0.6 is 0 Å². The first-order valence-electron chi connectivity index (χ1n) is 4.62. The Morgan fingerprint density at radius 1 is 1.00 bits per heavy atom. The molecule has 3 rings (SSSR count). The van der Waals surface area contributed by atoms with Crippen molar-refractivity contribution in [2.45, 2.75) is 13.8 Å². The Balaban J connectivity index is 2.52. The number of hydrogen-bond acceptors (Lipinski definition) is 2. The van der Waals surface area contributed by atoms with Crippen molar-refractivity contribution in [2.75, 3.05) is 0 Å². The van der Waals surface area contributed by atoms with Crippen molar-refractivity contribution >= 4 is 21.9 Å². The maximum atomic E-state index is 5.56. The molecule has 0 saturated carbocycles. The molecule has 70 valence electrons. The topological polar surface area (TPSA) is 26.3 Å². The minimum Gasteiger partial charge on any atom is -0.464 e. The monoisotopic (exact) mass is 186 g/mol. The van der Waals surface area contributed by atoms with E-state index in [-0.39, 0.29) is 0 Å². The van der Waals surface area contributed by atoms with E-state index in [0.29, 0.717) is 0 Å². The highest BCUT2D eigenvalue weighted by Gasteiger charge is 2.06. The second-order valence-electron chi connectivity index (χ2n) is 3.66. The third kappa shape index (κ3) is 0.909. The van der Waals surface area contributed by atoms with Crippen molar-refractivity contribution in [3.8, 4) is 0 Å². The van der Waals surface area contributed by atoms with Gasteiger partial charge in [0, 0.05) is 10.8 Å². The maximum Gasteiger partial charge on any atom is 0.135 e. The predicted octanol–water partition coefficient (Wildman–Crippen LogP) is 3.80. The molecule has 0 bridgehead atoms. The van der Waals surface area contributed by atoms with Gasteiger partial charge in [-0.2, -0.15) is 0 Å². The quantitative estimate of drug-likeness (QED) is 0.533. The molecule has 2 aromatic heterocycles. The van der Waals surface area contributed by atoms with Crippen LogP contribution in [0.15, 0.2) is 33.3 Å². The van der Waals surface area contributed by atoms with Crippen LogP contribution in [-0.2, 0) is 0 Å². The van der Waals surface area contributed by atoms with E-state index < -0.39 is 0 Å². The normalized spacial score (nSPS) is 11.6. The third-order valence-corrected chi connectivity index (χ3v) is 2.53. The summed E-state index contributed by atoms with van der Waals surface area (Å²) in [5, 5.41) is 2.23. The Hall–Kier alpha value is -1.70. The van der Waals surface area contributed by atoms with Gasteiger partial charge >= 0.3 is 0 Å². The highest BCUT2D eigenvalue weighted by molar-refractivity contribution is 5.94. The van der Waals surface area contributed by atoms with E-state index in [1.54, 1.807) is 6.26 Å². The summed E-state index contributed by atoms with van der Waals surface area (Å²) in [7, 11) is 0. The molecule has 0 aliphatic carbocycles. The number of benzene rings is 1. The smallest absolute Gasteiger partial charge is 0.135 e. The number of fused-ring (bicyclic) bond motifs is 2. The Morgan fingerprint density at radius 3 is 2.71 bits per heavy atom. The summed E-state index contributed by atoms with van der Waals surface area (Å²) in [5.74, 6) is 0.935. The standard InChI is InChI=1S/C12H10O2/c1-7-6-13-12-4-9-3-8(2)14-11(9)5-10(7)12/h3-6H,1-2H3. The molecule has 2 nitrogen and oxygen atoms in total. The van der Waals surface area contributed by atoms with Crippen LogP contribution in [0, 0.1) is 13.8 Å². The molecule has 0 aliphatic heterocycles. The van der Waals surface area contributed by atoms with Gasteiger partial charge in [-0.1, -0.05) is 0 Å². The summed E-state index contributed by atoms with van der Waals surface area (Å²) in [6, 6.07) is 6.08. The molecule has 0 spiro atoms. The molecule has 1 aromatic carbocycles. The fraction of sp³-hybridized carbons (Fsp3) is 0.167. The molecule has 0 aliphatic rings. The zero-order valence-electron chi connectivity index (χ0n) is 8.13. The zero-order valence-corrected chi connectivity index (χ0v) is 8.13. The first-order valence-corrected chi connectivity index (χ1v) is 4.62. The molecule has 14 heavy (non-hydrogen) atoms. The van der Waals surface area contributed by atoms with Crippen LogP contribution < -0.4 is 0 Å². The van der Waals surface area contributed by atoms with Crippen LogP contribution in [0.1, 0.15) is 11.3 Å². The van der Waals surface area contributed by atoms with Crippen LogP contribution in [0.25, 0.3) is 21.9 Å². The van der Waals surface area contributed by atoms with Gasteiger partial charge in [-0.3, -0.25) is 0 Å². The third-order valence-electron chi connectivity index (χ3n) is 2.53. The van der Waals surface area contributed by atoms with E-state index >= 15 is 0 Å². The van der Waals surface area contributed by atoms with E-state index in [1.807, 2.05) is 32.0 Å². The van der Waals surface area contributed by atoms with Crippen LogP contribution in [0.3, 0.4) is 0 Å². The second kappa shape index (κ2) is 2.41. The van der Waals surface area contributed by atoms with Crippen molar-refractivity contribution in [3.05, 3.63) is 35.8 Å². The molecular formula is C12H10O2. The first kappa shape index (κ1) is 7.68. The molecule has 0 atom stereocenters. The van der Waals surface area contributed by atoms with Gasteiger partial charge in [0.25, 0.3) is 0 Å². The van der Waals surface area contributed by atoms with Crippen LogP contribution in [0.2, 0.25) is 0 Å². The number of hydrogen-bond donors (Lipinski definition) is 0.